The standard InChI is InChI=1S/C16H23ClN2O2/c1-11(18)13-6-7-15(14(17)10-13)21-12(2)16(20)19-8-4-3-5-9-19/h6-7,10-12H,3-5,8-9,18H2,1-2H3/t11-,12?/m1/s1. The molecule has 1 saturated heterocycles. The molecule has 116 valence electrons. The van der Waals surface area contributed by atoms with Gasteiger partial charge in [-0.25, -0.2) is 0 Å². The highest BCUT2D eigenvalue weighted by Gasteiger charge is 2.24. The Hall–Kier alpha value is -1.26. The molecule has 1 aliphatic heterocycles. The van der Waals surface area contributed by atoms with Gasteiger partial charge in [0.25, 0.3) is 5.91 Å². The van der Waals surface area contributed by atoms with Gasteiger partial charge >= 0.3 is 0 Å². The van der Waals surface area contributed by atoms with E-state index in [0.29, 0.717) is 10.8 Å². The van der Waals surface area contributed by atoms with Crippen molar-refractivity contribution in [3.63, 3.8) is 0 Å². The lowest BCUT2D eigenvalue weighted by molar-refractivity contribution is -0.138. The summed E-state index contributed by atoms with van der Waals surface area (Å²) >= 11 is 6.20. The fourth-order valence-electron chi connectivity index (χ4n) is 2.51. The number of nitrogens with zero attached hydrogens (tertiary/aromatic N) is 1. The van der Waals surface area contributed by atoms with E-state index in [9.17, 15) is 4.79 Å². The summed E-state index contributed by atoms with van der Waals surface area (Å²) in [6.45, 7) is 5.31. The maximum atomic E-state index is 12.3. The van der Waals surface area contributed by atoms with Crippen molar-refractivity contribution in [3.8, 4) is 5.75 Å². The van der Waals surface area contributed by atoms with Crippen LogP contribution in [0, 0.1) is 0 Å². The first kappa shape index (κ1) is 16.1. The van der Waals surface area contributed by atoms with Crippen LogP contribution in [0.15, 0.2) is 18.2 Å². The SMILES string of the molecule is CC(Oc1ccc([C@@H](C)N)cc1Cl)C(=O)N1CCCCC1. The topological polar surface area (TPSA) is 55.6 Å². The second-order valence-corrected chi connectivity index (χ2v) is 6.03. The number of hydrogen-bond donors (Lipinski definition) is 1. The van der Waals surface area contributed by atoms with Gasteiger partial charge in [-0.2, -0.15) is 0 Å². The minimum atomic E-state index is -0.526. The lowest BCUT2D eigenvalue weighted by Crippen LogP contribution is -2.43. The lowest BCUT2D eigenvalue weighted by atomic mass is 10.1. The van der Waals surface area contributed by atoms with Crippen molar-refractivity contribution in [3.05, 3.63) is 28.8 Å². The van der Waals surface area contributed by atoms with E-state index in [1.807, 2.05) is 17.9 Å². The number of nitrogens with two attached hydrogens (primary N) is 1. The van der Waals surface area contributed by atoms with E-state index >= 15 is 0 Å². The van der Waals surface area contributed by atoms with Crippen molar-refractivity contribution in [1.82, 2.24) is 4.90 Å². The normalized spacial score (nSPS) is 18.2. The third-order valence-electron chi connectivity index (χ3n) is 3.80. The Balaban J connectivity index is 2.01. The molecule has 1 aliphatic rings. The summed E-state index contributed by atoms with van der Waals surface area (Å²) < 4.78 is 5.73. The van der Waals surface area contributed by atoms with E-state index < -0.39 is 6.10 Å². The maximum absolute atomic E-state index is 12.3. The van der Waals surface area contributed by atoms with E-state index in [-0.39, 0.29) is 11.9 Å². The first-order valence-corrected chi connectivity index (χ1v) is 7.87. The van der Waals surface area contributed by atoms with Crippen LogP contribution in [-0.2, 0) is 4.79 Å². The van der Waals surface area contributed by atoms with Crippen LogP contribution in [-0.4, -0.2) is 30.0 Å². The number of amides is 1. The van der Waals surface area contributed by atoms with E-state index in [1.165, 1.54) is 6.42 Å². The molecule has 0 saturated carbocycles. The summed E-state index contributed by atoms with van der Waals surface area (Å²) in [5.74, 6) is 0.556. The van der Waals surface area contributed by atoms with Gasteiger partial charge in [0, 0.05) is 19.1 Å². The van der Waals surface area contributed by atoms with Crippen LogP contribution in [0.3, 0.4) is 0 Å². The van der Waals surface area contributed by atoms with E-state index in [4.69, 9.17) is 22.1 Å². The average Bonchev–Trinajstić information content (AvgIpc) is 2.49. The molecule has 1 amide bonds. The Morgan fingerprint density at radius 3 is 2.52 bits per heavy atom. The number of likely N-dealkylation sites (tertiary alicyclic amines) is 1. The Morgan fingerprint density at radius 1 is 1.29 bits per heavy atom. The highest BCUT2D eigenvalue weighted by atomic mass is 35.5. The highest BCUT2D eigenvalue weighted by molar-refractivity contribution is 6.32. The van der Waals surface area contributed by atoms with Crippen LogP contribution in [0.4, 0.5) is 0 Å². The molecule has 5 heteroatoms. The zero-order valence-corrected chi connectivity index (χ0v) is 13.4. The van der Waals surface area contributed by atoms with Gasteiger partial charge in [-0.15, -0.1) is 0 Å². The van der Waals surface area contributed by atoms with Crippen LogP contribution in [0.1, 0.15) is 44.7 Å². The van der Waals surface area contributed by atoms with Gasteiger partial charge in [0.2, 0.25) is 0 Å². The molecule has 0 aliphatic carbocycles. The fraction of sp³-hybridized carbons (Fsp3) is 0.562. The van der Waals surface area contributed by atoms with Crippen molar-refractivity contribution < 1.29 is 9.53 Å². The van der Waals surface area contributed by atoms with Crippen LogP contribution in [0.25, 0.3) is 0 Å². The van der Waals surface area contributed by atoms with Crippen molar-refractivity contribution in [1.29, 1.82) is 0 Å². The van der Waals surface area contributed by atoms with Crippen LogP contribution in [0.5, 0.6) is 5.75 Å². The van der Waals surface area contributed by atoms with E-state index in [1.54, 1.807) is 19.1 Å². The Labute approximate surface area is 131 Å². The van der Waals surface area contributed by atoms with Crippen LogP contribution < -0.4 is 10.5 Å². The van der Waals surface area contributed by atoms with Gasteiger partial charge in [0.05, 0.1) is 5.02 Å². The van der Waals surface area contributed by atoms with Crippen molar-refractivity contribution >= 4 is 17.5 Å². The predicted octanol–water partition coefficient (Wildman–Crippen LogP) is 3.14. The zero-order chi connectivity index (χ0) is 15.4. The summed E-state index contributed by atoms with van der Waals surface area (Å²) in [5, 5.41) is 0.489. The third-order valence-corrected chi connectivity index (χ3v) is 4.10. The van der Waals surface area contributed by atoms with Crippen LogP contribution >= 0.6 is 11.6 Å². The van der Waals surface area contributed by atoms with Gasteiger partial charge in [0.15, 0.2) is 6.10 Å². The number of ether oxygens (including phenoxy) is 1. The van der Waals surface area contributed by atoms with Gasteiger partial charge in [-0.3, -0.25) is 4.79 Å². The molecule has 0 radical (unpaired) electrons. The third kappa shape index (κ3) is 4.11. The van der Waals surface area contributed by atoms with E-state index in [2.05, 4.69) is 0 Å². The minimum Gasteiger partial charge on any atom is -0.479 e. The Bertz CT molecular complexity index is 499. The molecule has 2 atom stereocenters. The van der Waals surface area contributed by atoms with E-state index in [0.717, 1.165) is 31.5 Å². The number of piperidine rings is 1. The van der Waals surface area contributed by atoms with Crippen molar-refractivity contribution in [2.75, 3.05) is 13.1 Å². The lowest BCUT2D eigenvalue weighted by Gasteiger charge is -2.29. The highest BCUT2D eigenvalue weighted by Crippen LogP contribution is 2.28. The summed E-state index contributed by atoms with van der Waals surface area (Å²) in [6.07, 6.45) is 2.82. The number of carbonyl (C=O) groups excluding carboxylic acids is 1. The monoisotopic (exact) mass is 310 g/mol. The number of benzene rings is 1. The Morgan fingerprint density at radius 2 is 1.95 bits per heavy atom. The molecule has 1 aromatic carbocycles. The molecule has 1 unspecified atom stereocenters. The molecule has 21 heavy (non-hydrogen) atoms. The zero-order valence-electron chi connectivity index (χ0n) is 12.6. The first-order chi connectivity index (χ1) is 9.99. The molecule has 1 heterocycles. The number of carbonyl (C=O) groups is 1. The van der Waals surface area contributed by atoms with Gasteiger partial charge in [0.1, 0.15) is 5.75 Å². The molecular weight excluding hydrogens is 288 g/mol. The van der Waals surface area contributed by atoms with Crippen molar-refractivity contribution in [2.24, 2.45) is 5.73 Å². The van der Waals surface area contributed by atoms with Crippen molar-refractivity contribution in [2.45, 2.75) is 45.3 Å². The molecule has 1 aromatic rings. The van der Waals surface area contributed by atoms with Gasteiger partial charge < -0.3 is 15.4 Å². The van der Waals surface area contributed by atoms with Crippen LogP contribution in [0.2, 0.25) is 5.02 Å². The number of hydrogen-bond acceptors (Lipinski definition) is 3. The summed E-state index contributed by atoms with van der Waals surface area (Å²) in [5.41, 5.74) is 6.77. The maximum Gasteiger partial charge on any atom is 0.263 e. The molecule has 2 N–H and O–H groups in total. The smallest absolute Gasteiger partial charge is 0.263 e. The quantitative estimate of drug-likeness (QED) is 0.929. The average molecular weight is 311 g/mol. The largest absolute Gasteiger partial charge is 0.479 e. The molecule has 0 spiro atoms. The molecular formula is C16H23ClN2O2. The molecule has 0 aromatic heterocycles. The summed E-state index contributed by atoms with van der Waals surface area (Å²) in [7, 11) is 0. The van der Waals surface area contributed by atoms with Gasteiger partial charge in [-0.05, 0) is 50.8 Å². The van der Waals surface area contributed by atoms with Gasteiger partial charge in [-0.1, -0.05) is 17.7 Å². The summed E-state index contributed by atoms with van der Waals surface area (Å²) in [6, 6.07) is 5.37. The molecule has 1 fully saturated rings. The summed E-state index contributed by atoms with van der Waals surface area (Å²) in [4.78, 5) is 14.2. The molecule has 0 bridgehead atoms. The molecule has 4 nitrogen and oxygen atoms in total. The first-order valence-electron chi connectivity index (χ1n) is 7.49. The number of rotatable bonds is 4. The number of halogens is 1. The fourth-order valence-corrected chi connectivity index (χ4v) is 2.74. The predicted molar refractivity (Wildman–Crippen MR) is 84.6 cm³/mol. The second kappa shape index (κ2) is 7.14. The minimum absolute atomic E-state index is 0.0297. The molecule has 2 rings (SSSR count). The second-order valence-electron chi connectivity index (χ2n) is 5.62. The Kier molecular flexibility index (Phi) is 5.48.